The molecule has 0 fully saturated rings. The maximum Gasteiger partial charge on any atom is 0.253 e. The molecule has 0 atom stereocenters. The summed E-state index contributed by atoms with van der Waals surface area (Å²) in [7, 11) is 0. The van der Waals surface area contributed by atoms with Crippen LogP contribution >= 0.6 is 0 Å². The van der Waals surface area contributed by atoms with Crippen molar-refractivity contribution in [3.63, 3.8) is 0 Å². The Morgan fingerprint density at radius 2 is 2.04 bits per heavy atom. The number of fused-ring (bicyclic) bond motifs is 3. The standard InChI is InChI=1S/C17H17N7O/c25-17-12-7-2-1-6-11(12)14-15(10-4-3-5-10)21-24(16(14)18-17)9-8-13-19-22-23-20-13/h3-5H,1-2,6-9H2,(H,18,25)(H,19,20,22,23). The molecule has 3 heterocycles. The van der Waals surface area contributed by atoms with Crippen molar-refractivity contribution in [3.05, 3.63) is 51.2 Å². The Bertz CT molecular complexity index is 1070. The van der Waals surface area contributed by atoms with Gasteiger partial charge in [0.1, 0.15) is 17.2 Å². The van der Waals surface area contributed by atoms with Gasteiger partial charge >= 0.3 is 0 Å². The van der Waals surface area contributed by atoms with Gasteiger partial charge in [0.2, 0.25) is 0 Å². The van der Waals surface area contributed by atoms with E-state index in [-0.39, 0.29) is 5.56 Å². The summed E-state index contributed by atoms with van der Waals surface area (Å²) in [5, 5.41) is 19.8. The van der Waals surface area contributed by atoms with Crippen LogP contribution in [0.4, 0.5) is 0 Å². The number of tetrazole rings is 1. The lowest BCUT2D eigenvalue weighted by Gasteiger charge is -2.16. The van der Waals surface area contributed by atoms with E-state index in [9.17, 15) is 4.79 Å². The zero-order valence-electron chi connectivity index (χ0n) is 13.6. The van der Waals surface area contributed by atoms with Crippen molar-refractivity contribution >= 4 is 16.6 Å². The predicted octanol–water partition coefficient (Wildman–Crippen LogP) is 1.31. The number of allylic oxidation sites excluding steroid dienone is 4. The van der Waals surface area contributed by atoms with E-state index in [1.165, 1.54) is 5.56 Å². The molecule has 0 saturated heterocycles. The van der Waals surface area contributed by atoms with Gasteiger partial charge in [-0.2, -0.15) is 5.10 Å². The van der Waals surface area contributed by atoms with Crippen molar-refractivity contribution in [2.75, 3.05) is 0 Å². The first kappa shape index (κ1) is 14.3. The van der Waals surface area contributed by atoms with Gasteiger partial charge in [0.15, 0.2) is 0 Å². The molecule has 0 spiro atoms. The summed E-state index contributed by atoms with van der Waals surface area (Å²) in [6, 6.07) is 0. The lowest BCUT2D eigenvalue weighted by atomic mass is 9.89. The highest BCUT2D eigenvalue weighted by molar-refractivity contribution is 5.96. The summed E-state index contributed by atoms with van der Waals surface area (Å²) in [5.41, 5.74) is 5.01. The zero-order valence-corrected chi connectivity index (χ0v) is 13.6. The van der Waals surface area contributed by atoms with Crippen LogP contribution in [0.25, 0.3) is 16.6 Å². The van der Waals surface area contributed by atoms with E-state index in [1.54, 1.807) is 0 Å². The van der Waals surface area contributed by atoms with Gasteiger partial charge in [0, 0.05) is 22.9 Å². The number of H-pyrrole nitrogens is 2. The van der Waals surface area contributed by atoms with Gasteiger partial charge in [-0.05, 0) is 41.7 Å². The average Bonchev–Trinajstić information content (AvgIpc) is 3.20. The number of rotatable bonds is 4. The number of nitrogens with one attached hydrogen (secondary N) is 2. The fourth-order valence-electron chi connectivity index (χ4n) is 3.70. The molecule has 0 radical (unpaired) electrons. The molecule has 8 heteroatoms. The smallest absolute Gasteiger partial charge is 0.253 e. The maximum atomic E-state index is 12.6. The topological polar surface area (TPSA) is 105 Å². The minimum absolute atomic E-state index is 0.0226. The highest BCUT2D eigenvalue weighted by atomic mass is 16.1. The predicted molar refractivity (Wildman–Crippen MR) is 92.0 cm³/mol. The van der Waals surface area contributed by atoms with Crippen molar-refractivity contribution in [2.24, 2.45) is 0 Å². The molecule has 0 saturated carbocycles. The molecule has 0 aliphatic heterocycles. The highest BCUT2D eigenvalue weighted by Crippen LogP contribution is 2.33. The van der Waals surface area contributed by atoms with Crippen LogP contribution in [0.5, 0.6) is 0 Å². The van der Waals surface area contributed by atoms with Crippen LogP contribution in [-0.2, 0) is 25.8 Å². The highest BCUT2D eigenvalue weighted by Gasteiger charge is 2.24. The van der Waals surface area contributed by atoms with Crippen LogP contribution in [0.3, 0.4) is 0 Å². The molecule has 8 nitrogen and oxygen atoms in total. The summed E-state index contributed by atoms with van der Waals surface area (Å²) in [4.78, 5) is 15.6. The largest absolute Gasteiger partial charge is 0.307 e. The van der Waals surface area contributed by atoms with E-state index < -0.39 is 0 Å². The van der Waals surface area contributed by atoms with E-state index in [1.807, 2.05) is 10.8 Å². The van der Waals surface area contributed by atoms with Crippen LogP contribution in [0.1, 0.15) is 35.5 Å². The zero-order chi connectivity index (χ0) is 16.8. The molecule has 5 rings (SSSR count). The Balaban J connectivity index is 1.67. The fraction of sp³-hybridized carbons (Fsp3) is 0.353. The molecule has 0 unspecified atom stereocenters. The van der Waals surface area contributed by atoms with Gasteiger partial charge in [-0.25, -0.2) is 9.78 Å². The van der Waals surface area contributed by atoms with Crippen molar-refractivity contribution in [2.45, 2.75) is 38.6 Å². The molecule has 2 N–H and O–H groups in total. The number of hydrogen-bond donors (Lipinski definition) is 2. The monoisotopic (exact) mass is 335 g/mol. The molecule has 126 valence electrons. The van der Waals surface area contributed by atoms with Gasteiger partial charge in [-0.3, -0.25) is 4.79 Å². The Morgan fingerprint density at radius 3 is 2.76 bits per heavy atom. The summed E-state index contributed by atoms with van der Waals surface area (Å²) in [6.07, 6.45) is 10.7. The summed E-state index contributed by atoms with van der Waals surface area (Å²) >= 11 is 0. The van der Waals surface area contributed by atoms with Crippen LogP contribution in [0.2, 0.25) is 0 Å². The van der Waals surface area contributed by atoms with Crippen molar-refractivity contribution in [1.29, 1.82) is 0 Å². The number of nitrogens with zero attached hydrogens (tertiary/aromatic N) is 5. The van der Waals surface area contributed by atoms with Crippen molar-refractivity contribution < 1.29 is 0 Å². The maximum absolute atomic E-state index is 12.6. The molecule has 25 heavy (non-hydrogen) atoms. The Kier molecular flexibility index (Phi) is 3.16. The second-order valence-corrected chi connectivity index (χ2v) is 6.49. The molecule has 3 aromatic rings. The molecule has 0 aromatic carbocycles. The first-order chi connectivity index (χ1) is 12.3. The van der Waals surface area contributed by atoms with E-state index in [0.717, 1.165) is 53.5 Å². The van der Waals surface area contributed by atoms with Crippen LogP contribution in [0, 0.1) is 0 Å². The summed E-state index contributed by atoms with van der Waals surface area (Å²) in [5.74, 6) is 0.702. The van der Waals surface area contributed by atoms with Crippen LogP contribution in [-0.4, -0.2) is 35.4 Å². The van der Waals surface area contributed by atoms with Gasteiger partial charge in [-0.1, -0.05) is 18.2 Å². The number of pyridine rings is 1. The average molecular weight is 335 g/mol. The quantitative estimate of drug-likeness (QED) is 0.748. The lowest BCUT2D eigenvalue weighted by Crippen LogP contribution is -2.20. The third kappa shape index (κ3) is 2.25. The number of hydrogen-bond acceptors (Lipinski definition) is 5. The molecule has 2 aliphatic rings. The second kappa shape index (κ2) is 5.51. The SMILES string of the molecule is O=c1[nH]c2c(c(C3=CC=C3)nn2CCc2nnn[nH]2)c2c1CCCC2. The van der Waals surface area contributed by atoms with Gasteiger partial charge in [0.25, 0.3) is 5.56 Å². The summed E-state index contributed by atoms with van der Waals surface area (Å²) < 4.78 is 1.87. The molecule has 2 aliphatic carbocycles. The Hall–Kier alpha value is -3.03. The minimum Gasteiger partial charge on any atom is -0.307 e. The molecular weight excluding hydrogens is 318 g/mol. The first-order valence-electron chi connectivity index (χ1n) is 8.57. The number of aromatic nitrogens is 7. The molecule has 0 amide bonds. The number of aryl methyl sites for hydroxylation is 3. The Morgan fingerprint density at radius 1 is 1.20 bits per heavy atom. The van der Waals surface area contributed by atoms with Gasteiger partial charge in [-0.15, -0.1) is 5.10 Å². The summed E-state index contributed by atoms with van der Waals surface area (Å²) in [6.45, 7) is 0.596. The van der Waals surface area contributed by atoms with E-state index in [0.29, 0.717) is 18.8 Å². The third-order valence-corrected chi connectivity index (χ3v) is 5.00. The van der Waals surface area contributed by atoms with E-state index >= 15 is 0 Å². The number of aromatic amines is 2. The van der Waals surface area contributed by atoms with Gasteiger partial charge < -0.3 is 4.98 Å². The van der Waals surface area contributed by atoms with E-state index in [4.69, 9.17) is 5.10 Å². The van der Waals surface area contributed by atoms with Crippen molar-refractivity contribution in [1.82, 2.24) is 35.4 Å². The van der Waals surface area contributed by atoms with Crippen molar-refractivity contribution in [3.8, 4) is 0 Å². The fourth-order valence-corrected chi connectivity index (χ4v) is 3.70. The van der Waals surface area contributed by atoms with Gasteiger partial charge in [0.05, 0.1) is 6.54 Å². The minimum atomic E-state index is 0.0226. The molecular formula is C17H17N7O. The van der Waals surface area contributed by atoms with Crippen LogP contribution < -0.4 is 5.56 Å². The Labute approximate surface area is 142 Å². The second-order valence-electron chi connectivity index (χ2n) is 6.49. The van der Waals surface area contributed by atoms with E-state index in [2.05, 4.69) is 37.8 Å². The van der Waals surface area contributed by atoms with Crippen LogP contribution in [0.15, 0.2) is 23.0 Å². The molecule has 3 aromatic heterocycles. The molecule has 0 bridgehead atoms. The normalized spacial score (nSPS) is 15.9. The lowest BCUT2D eigenvalue weighted by molar-refractivity contribution is 0.611. The first-order valence-corrected chi connectivity index (χ1v) is 8.57. The third-order valence-electron chi connectivity index (χ3n) is 5.00.